The van der Waals surface area contributed by atoms with Crippen molar-refractivity contribution in [1.82, 2.24) is 8.96 Å². The normalized spacial score (nSPS) is 11.4. The fourth-order valence-corrected chi connectivity index (χ4v) is 5.37. The van der Waals surface area contributed by atoms with Gasteiger partial charge in [0.2, 0.25) is 0 Å². The minimum atomic E-state index is -3.73. The second-order valence-corrected chi connectivity index (χ2v) is 9.64. The molecule has 0 atom stereocenters. The summed E-state index contributed by atoms with van der Waals surface area (Å²) in [4.78, 5) is 4.59. The maximum absolute atomic E-state index is 13.1. The summed E-state index contributed by atoms with van der Waals surface area (Å²) in [5.74, 6) is 0.533. The van der Waals surface area contributed by atoms with Crippen molar-refractivity contribution in [3.05, 3.63) is 84.7 Å². The van der Waals surface area contributed by atoms with Crippen LogP contribution in [0.5, 0.6) is 5.75 Å². The number of aromatic nitrogens is 2. The Hall–Kier alpha value is -4.55. The van der Waals surface area contributed by atoms with E-state index in [1.807, 2.05) is 13.0 Å². The first kappa shape index (κ1) is 22.3. The minimum absolute atomic E-state index is 0.214. The van der Waals surface area contributed by atoms with Crippen molar-refractivity contribution in [1.29, 1.82) is 5.26 Å². The number of nitrogens with two attached hydrogens (primary N) is 1. The van der Waals surface area contributed by atoms with Gasteiger partial charge in [-0.05, 0) is 49.4 Å². The first-order valence-corrected chi connectivity index (χ1v) is 12.3. The van der Waals surface area contributed by atoms with E-state index in [-0.39, 0.29) is 4.90 Å². The Morgan fingerprint density at radius 1 is 1.11 bits per heavy atom. The molecule has 5 aromatic rings. The molecule has 0 fully saturated rings. The summed E-state index contributed by atoms with van der Waals surface area (Å²) in [5, 5.41) is 14.4. The zero-order chi connectivity index (χ0) is 24.6. The van der Waals surface area contributed by atoms with Gasteiger partial charge in [0.15, 0.2) is 0 Å². The summed E-state index contributed by atoms with van der Waals surface area (Å²) in [6, 6.07) is 21.0. The van der Waals surface area contributed by atoms with Crippen molar-refractivity contribution in [2.24, 2.45) is 0 Å². The Morgan fingerprint density at radius 3 is 2.66 bits per heavy atom. The number of hydrogen-bond acceptors (Lipinski definition) is 7. The van der Waals surface area contributed by atoms with E-state index >= 15 is 0 Å². The molecular formula is C26H21N5O3S. The number of nitrogens with zero attached hydrogens (tertiary/aromatic N) is 3. The van der Waals surface area contributed by atoms with Gasteiger partial charge in [0.25, 0.3) is 10.0 Å². The second kappa shape index (κ2) is 8.66. The third-order valence-electron chi connectivity index (χ3n) is 5.64. The molecule has 0 aliphatic heterocycles. The molecule has 2 aromatic heterocycles. The number of anilines is 3. The molecular weight excluding hydrogens is 462 g/mol. The van der Waals surface area contributed by atoms with E-state index in [4.69, 9.17) is 10.5 Å². The third-order valence-corrected chi connectivity index (χ3v) is 7.35. The number of fused-ring (bicyclic) bond motifs is 2. The molecule has 0 amide bonds. The van der Waals surface area contributed by atoms with Crippen LogP contribution in [0.1, 0.15) is 12.5 Å². The van der Waals surface area contributed by atoms with E-state index in [1.165, 1.54) is 16.4 Å². The molecule has 9 heteroatoms. The van der Waals surface area contributed by atoms with Gasteiger partial charge in [-0.25, -0.2) is 12.4 Å². The van der Waals surface area contributed by atoms with Gasteiger partial charge in [-0.15, -0.1) is 0 Å². The molecule has 0 spiro atoms. The van der Waals surface area contributed by atoms with Crippen LogP contribution < -0.4 is 15.8 Å². The lowest BCUT2D eigenvalue weighted by atomic mass is 10.1. The van der Waals surface area contributed by atoms with E-state index < -0.39 is 10.0 Å². The molecule has 3 aromatic carbocycles. The average Bonchev–Trinajstić information content (AvgIpc) is 3.30. The Balaban J connectivity index is 1.57. The molecule has 0 saturated heterocycles. The molecule has 0 unspecified atom stereocenters. The lowest BCUT2D eigenvalue weighted by Gasteiger charge is -2.14. The number of hydrogen-bond donors (Lipinski definition) is 2. The summed E-state index contributed by atoms with van der Waals surface area (Å²) in [5.41, 5.74) is 9.38. The molecule has 5 rings (SSSR count). The first-order valence-electron chi connectivity index (χ1n) is 10.9. The molecule has 8 nitrogen and oxygen atoms in total. The molecule has 35 heavy (non-hydrogen) atoms. The maximum atomic E-state index is 13.1. The fraction of sp³-hybridized carbons (Fsp3) is 0.0769. The zero-order valence-corrected chi connectivity index (χ0v) is 19.6. The smallest absolute Gasteiger partial charge is 0.268 e. The first-order chi connectivity index (χ1) is 16.9. The van der Waals surface area contributed by atoms with E-state index in [2.05, 4.69) is 16.4 Å². The summed E-state index contributed by atoms with van der Waals surface area (Å²) in [6.07, 6.45) is 3.04. The van der Waals surface area contributed by atoms with Gasteiger partial charge in [-0.2, -0.15) is 5.26 Å². The van der Waals surface area contributed by atoms with Crippen LogP contribution >= 0.6 is 0 Å². The third kappa shape index (κ3) is 3.90. The highest BCUT2D eigenvalue weighted by Gasteiger charge is 2.19. The van der Waals surface area contributed by atoms with Gasteiger partial charge >= 0.3 is 0 Å². The van der Waals surface area contributed by atoms with Crippen molar-refractivity contribution in [3.8, 4) is 11.8 Å². The van der Waals surface area contributed by atoms with Crippen molar-refractivity contribution in [2.75, 3.05) is 17.7 Å². The number of nitrogen functional groups attached to an aromatic ring is 1. The monoisotopic (exact) mass is 483 g/mol. The van der Waals surface area contributed by atoms with Crippen LogP contribution in [0.3, 0.4) is 0 Å². The van der Waals surface area contributed by atoms with E-state index in [1.54, 1.807) is 60.7 Å². The van der Waals surface area contributed by atoms with Gasteiger partial charge < -0.3 is 15.8 Å². The zero-order valence-electron chi connectivity index (χ0n) is 18.8. The van der Waals surface area contributed by atoms with Crippen LogP contribution in [0.4, 0.5) is 17.1 Å². The van der Waals surface area contributed by atoms with Crippen LogP contribution in [0, 0.1) is 11.3 Å². The number of nitriles is 1. The predicted octanol–water partition coefficient (Wildman–Crippen LogP) is 5.02. The number of rotatable bonds is 6. The Bertz CT molecular complexity index is 1720. The number of benzene rings is 3. The molecule has 3 N–H and O–H groups in total. The van der Waals surface area contributed by atoms with Gasteiger partial charge in [-0.3, -0.25) is 4.98 Å². The molecule has 0 radical (unpaired) electrons. The predicted molar refractivity (Wildman–Crippen MR) is 136 cm³/mol. The summed E-state index contributed by atoms with van der Waals surface area (Å²) < 4.78 is 33.0. The van der Waals surface area contributed by atoms with Crippen LogP contribution in [0.2, 0.25) is 0 Å². The fourth-order valence-electron chi connectivity index (χ4n) is 3.99. The van der Waals surface area contributed by atoms with Crippen LogP contribution in [-0.4, -0.2) is 24.0 Å². The number of pyridine rings is 1. The van der Waals surface area contributed by atoms with E-state index in [0.29, 0.717) is 51.4 Å². The Labute approximate surface area is 202 Å². The van der Waals surface area contributed by atoms with Gasteiger partial charge in [-0.1, -0.05) is 18.2 Å². The largest absolute Gasteiger partial charge is 0.492 e. The van der Waals surface area contributed by atoms with Crippen molar-refractivity contribution >= 4 is 48.9 Å². The average molecular weight is 484 g/mol. The van der Waals surface area contributed by atoms with Crippen molar-refractivity contribution in [3.63, 3.8) is 0 Å². The highest BCUT2D eigenvalue weighted by atomic mass is 32.2. The minimum Gasteiger partial charge on any atom is -0.492 e. The maximum Gasteiger partial charge on any atom is 0.268 e. The van der Waals surface area contributed by atoms with Crippen LogP contribution in [-0.2, 0) is 10.0 Å². The van der Waals surface area contributed by atoms with Crippen LogP contribution in [0.25, 0.3) is 21.8 Å². The number of nitrogens with one attached hydrogen (secondary N) is 1. The van der Waals surface area contributed by atoms with E-state index in [0.717, 1.165) is 5.39 Å². The highest BCUT2D eigenvalue weighted by molar-refractivity contribution is 7.90. The summed E-state index contributed by atoms with van der Waals surface area (Å²) in [6.45, 7) is 2.34. The quantitative estimate of drug-likeness (QED) is 0.325. The van der Waals surface area contributed by atoms with Gasteiger partial charge in [0.1, 0.15) is 11.8 Å². The Morgan fingerprint density at radius 2 is 1.91 bits per heavy atom. The SMILES string of the molecule is CCOc1cc2ncc(C#N)c(Nc3ccc4c(ccn4S(=O)(=O)c4ccccc4)c3)c2cc1N. The van der Waals surface area contributed by atoms with Crippen molar-refractivity contribution in [2.45, 2.75) is 11.8 Å². The topological polar surface area (TPSA) is 123 Å². The van der Waals surface area contributed by atoms with Gasteiger partial charge in [0, 0.05) is 34.9 Å². The number of ether oxygens (including phenoxy) is 1. The molecule has 174 valence electrons. The summed E-state index contributed by atoms with van der Waals surface area (Å²) >= 11 is 0. The van der Waals surface area contributed by atoms with Gasteiger partial charge in [0.05, 0.1) is 39.5 Å². The highest BCUT2D eigenvalue weighted by Crippen LogP contribution is 2.35. The second-order valence-electron chi connectivity index (χ2n) is 7.83. The van der Waals surface area contributed by atoms with E-state index in [9.17, 15) is 13.7 Å². The van der Waals surface area contributed by atoms with Crippen molar-refractivity contribution < 1.29 is 13.2 Å². The molecule has 2 heterocycles. The lowest BCUT2D eigenvalue weighted by molar-refractivity contribution is 0.342. The molecule has 0 aliphatic carbocycles. The molecule has 0 saturated carbocycles. The lowest BCUT2D eigenvalue weighted by Crippen LogP contribution is -2.11. The standard InChI is InChI=1S/C26H21N5O3S/c1-2-34-25-14-23-21(13-22(25)28)26(18(15-27)16-29-23)30-19-8-9-24-17(12-19)10-11-31(24)35(32,33)20-6-4-3-5-7-20/h3-14,16H,2,28H2,1H3,(H,29,30). The Kier molecular flexibility index (Phi) is 5.51. The summed E-state index contributed by atoms with van der Waals surface area (Å²) in [7, 11) is -3.73. The molecule has 0 bridgehead atoms. The van der Waals surface area contributed by atoms with Crippen LogP contribution in [0.15, 0.2) is 84.0 Å². The molecule has 0 aliphatic rings.